The number of aromatic amines is 1. The van der Waals surface area contributed by atoms with E-state index in [9.17, 15) is 8.42 Å². The van der Waals surface area contributed by atoms with Crippen LogP contribution in [0.25, 0.3) is 0 Å². The number of nitrogens with one attached hydrogen (secondary N) is 2. The summed E-state index contributed by atoms with van der Waals surface area (Å²) in [6, 6.07) is 0.421. The van der Waals surface area contributed by atoms with E-state index in [2.05, 4.69) is 19.6 Å². The molecule has 2 atom stereocenters. The SMILES string of the molecule is Cc1ncc(S(=O)(=O)NC2CCN3CCCC23)[nH]1. The summed E-state index contributed by atoms with van der Waals surface area (Å²) in [5, 5.41) is 0.163. The van der Waals surface area contributed by atoms with Crippen molar-refractivity contribution in [1.29, 1.82) is 0 Å². The molecule has 2 N–H and O–H groups in total. The summed E-state index contributed by atoms with van der Waals surface area (Å²) in [6.07, 6.45) is 4.54. The number of hydrogen-bond donors (Lipinski definition) is 2. The summed E-state index contributed by atoms with van der Waals surface area (Å²) < 4.78 is 27.2. The molecule has 3 rings (SSSR count). The molecule has 7 heteroatoms. The second-order valence-electron chi connectivity index (χ2n) is 5.09. The Balaban J connectivity index is 1.76. The molecule has 2 fully saturated rings. The van der Waals surface area contributed by atoms with Gasteiger partial charge in [-0.15, -0.1) is 0 Å². The molecule has 3 heterocycles. The molecule has 2 aliphatic rings. The van der Waals surface area contributed by atoms with E-state index in [4.69, 9.17) is 0 Å². The third kappa shape index (κ3) is 2.06. The molecule has 18 heavy (non-hydrogen) atoms. The van der Waals surface area contributed by atoms with Crippen molar-refractivity contribution in [2.45, 2.75) is 43.3 Å². The van der Waals surface area contributed by atoms with E-state index in [1.54, 1.807) is 6.92 Å². The highest BCUT2D eigenvalue weighted by molar-refractivity contribution is 7.89. The van der Waals surface area contributed by atoms with Crippen LogP contribution in [0.4, 0.5) is 0 Å². The number of sulfonamides is 1. The summed E-state index contributed by atoms with van der Waals surface area (Å²) in [7, 11) is -3.46. The molecular formula is C11H18N4O2S. The molecule has 2 unspecified atom stereocenters. The number of fused-ring (bicyclic) bond motifs is 1. The van der Waals surface area contributed by atoms with Gasteiger partial charge in [-0.25, -0.2) is 18.1 Å². The van der Waals surface area contributed by atoms with Crippen molar-refractivity contribution in [2.75, 3.05) is 13.1 Å². The molecule has 0 bridgehead atoms. The van der Waals surface area contributed by atoms with Crippen LogP contribution in [0.3, 0.4) is 0 Å². The van der Waals surface area contributed by atoms with Crippen molar-refractivity contribution in [1.82, 2.24) is 19.6 Å². The minimum absolute atomic E-state index is 0.0427. The van der Waals surface area contributed by atoms with Gasteiger partial charge in [0.25, 0.3) is 10.0 Å². The Bertz CT molecular complexity index is 539. The van der Waals surface area contributed by atoms with Crippen LogP contribution in [0.2, 0.25) is 0 Å². The maximum Gasteiger partial charge on any atom is 0.257 e. The van der Waals surface area contributed by atoms with Crippen LogP contribution in [0.5, 0.6) is 0 Å². The molecule has 0 aliphatic carbocycles. The Morgan fingerprint density at radius 1 is 1.44 bits per heavy atom. The van der Waals surface area contributed by atoms with Crippen LogP contribution >= 0.6 is 0 Å². The van der Waals surface area contributed by atoms with Gasteiger partial charge in [0, 0.05) is 18.6 Å². The summed E-state index contributed by atoms with van der Waals surface area (Å²) in [4.78, 5) is 9.09. The van der Waals surface area contributed by atoms with Crippen LogP contribution in [-0.2, 0) is 10.0 Å². The average Bonchev–Trinajstić information content (AvgIpc) is 2.96. The lowest BCUT2D eigenvalue weighted by molar-refractivity contribution is 0.309. The molecule has 2 aliphatic heterocycles. The van der Waals surface area contributed by atoms with E-state index < -0.39 is 10.0 Å². The number of hydrogen-bond acceptors (Lipinski definition) is 4. The lowest BCUT2D eigenvalue weighted by atomic mass is 10.1. The Morgan fingerprint density at radius 3 is 3.00 bits per heavy atom. The van der Waals surface area contributed by atoms with Crippen LogP contribution < -0.4 is 4.72 Å². The van der Waals surface area contributed by atoms with Gasteiger partial charge >= 0.3 is 0 Å². The number of rotatable bonds is 3. The number of aryl methyl sites for hydroxylation is 1. The van der Waals surface area contributed by atoms with Crippen molar-refractivity contribution in [2.24, 2.45) is 0 Å². The van der Waals surface area contributed by atoms with Crippen molar-refractivity contribution in [3.05, 3.63) is 12.0 Å². The maximum atomic E-state index is 12.2. The fourth-order valence-corrected chi connectivity index (χ4v) is 4.29. The summed E-state index contributed by atoms with van der Waals surface area (Å²) in [5.41, 5.74) is 0. The van der Waals surface area contributed by atoms with Gasteiger partial charge in [-0.1, -0.05) is 0 Å². The second-order valence-corrected chi connectivity index (χ2v) is 6.78. The van der Waals surface area contributed by atoms with Gasteiger partial charge in [0.05, 0.1) is 6.20 Å². The molecule has 6 nitrogen and oxygen atoms in total. The minimum Gasteiger partial charge on any atom is -0.332 e. The lowest BCUT2D eigenvalue weighted by Gasteiger charge is -2.20. The molecule has 0 spiro atoms. The van der Waals surface area contributed by atoms with Crippen LogP contribution in [0.15, 0.2) is 11.2 Å². The largest absolute Gasteiger partial charge is 0.332 e. The Morgan fingerprint density at radius 2 is 2.28 bits per heavy atom. The Hall–Kier alpha value is -0.920. The molecule has 1 aromatic rings. The van der Waals surface area contributed by atoms with E-state index in [1.807, 2.05) is 0 Å². The van der Waals surface area contributed by atoms with E-state index in [-0.39, 0.29) is 11.1 Å². The first-order chi connectivity index (χ1) is 8.56. The van der Waals surface area contributed by atoms with Gasteiger partial charge in [-0.3, -0.25) is 4.90 Å². The van der Waals surface area contributed by atoms with Gasteiger partial charge in [-0.05, 0) is 32.7 Å². The molecule has 0 amide bonds. The fraction of sp³-hybridized carbons (Fsp3) is 0.727. The first-order valence-electron chi connectivity index (χ1n) is 6.34. The molecule has 0 saturated carbocycles. The Kier molecular flexibility index (Phi) is 2.91. The van der Waals surface area contributed by atoms with Gasteiger partial charge in [0.15, 0.2) is 5.03 Å². The van der Waals surface area contributed by atoms with Gasteiger partial charge < -0.3 is 4.98 Å². The summed E-state index contributed by atoms with van der Waals surface area (Å²) in [5.74, 6) is 0.615. The number of aromatic nitrogens is 2. The average molecular weight is 270 g/mol. The summed E-state index contributed by atoms with van der Waals surface area (Å²) >= 11 is 0. The number of imidazole rings is 1. The maximum absolute atomic E-state index is 12.2. The molecule has 0 radical (unpaired) electrons. The van der Waals surface area contributed by atoms with Crippen molar-refractivity contribution in [3.8, 4) is 0 Å². The van der Waals surface area contributed by atoms with Crippen LogP contribution in [0.1, 0.15) is 25.1 Å². The highest BCUT2D eigenvalue weighted by Crippen LogP contribution is 2.28. The summed E-state index contributed by atoms with van der Waals surface area (Å²) in [6.45, 7) is 3.85. The van der Waals surface area contributed by atoms with Crippen LogP contribution in [0, 0.1) is 6.92 Å². The molecule has 0 aromatic carbocycles. The molecular weight excluding hydrogens is 252 g/mol. The van der Waals surface area contributed by atoms with E-state index >= 15 is 0 Å². The highest BCUT2D eigenvalue weighted by atomic mass is 32.2. The first kappa shape index (κ1) is 12.1. The van der Waals surface area contributed by atoms with E-state index in [0.29, 0.717) is 11.9 Å². The van der Waals surface area contributed by atoms with Gasteiger partial charge in [0.1, 0.15) is 5.82 Å². The highest BCUT2D eigenvalue weighted by Gasteiger charge is 2.39. The number of nitrogens with zero attached hydrogens (tertiary/aromatic N) is 2. The predicted octanol–water partition coefficient (Wildman–Crippen LogP) is 0.233. The predicted molar refractivity (Wildman–Crippen MR) is 66.6 cm³/mol. The molecule has 2 saturated heterocycles. The number of H-pyrrole nitrogens is 1. The Labute approximate surface area is 107 Å². The molecule has 1 aromatic heterocycles. The van der Waals surface area contributed by atoms with E-state index in [1.165, 1.54) is 12.6 Å². The zero-order chi connectivity index (χ0) is 12.8. The first-order valence-corrected chi connectivity index (χ1v) is 7.82. The third-order valence-electron chi connectivity index (χ3n) is 3.88. The smallest absolute Gasteiger partial charge is 0.257 e. The van der Waals surface area contributed by atoms with Crippen LogP contribution in [-0.4, -0.2) is 48.5 Å². The topological polar surface area (TPSA) is 78.1 Å². The van der Waals surface area contributed by atoms with E-state index in [0.717, 1.165) is 25.9 Å². The quantitative estimate of drug-likeness (QED) is 0.824. The monoisotopic (exact) mass is 270 g/mol. The van der Waals surface area contributed by atoms with Crippen molar-refractivity contribution >= 4 is 10.0 Å². The van der Waals surface area contributed by atoms with Crippen molar-refractivity contribution in [3.63, 3.8) is 0 Å². The normalized spacial score (nSPS) is 28.7. The van der Waals surface area contributed by atoms with Gasteiger partial charge in [-0.2, -0.15) is 0 Å². The van der Waals surface area contributed by atoms with Crippen molar-refractivity contribution < 1.29 is 8.42 Å². The lowest BCUT2D eigenvalue weighted by Crippen LogP contribution is -2.42. The zero-order valence-electron chi connectivity index (χ0n) is 10.4. The second kappa shape index (κ2) is 4.32. The fourth-order valence-electron chi connectivity index (χ4n) is 3.02. The standard InChI is InChI=1S/C11H18N4O2S/c1-8-12-7-11(13-8)18(16,17)14-9-4-6-15-5-2-3-10(9)15/h7,9-10,14H,2-6H2,1H3,(H,12,13). The molecule has 100 valence electrons. The minimum atomic E-state index is -3.46. The zero-order valence-corrected chi connectivity index (χ0v) is 11.2. The third-order valence-corrected chi connectivity index (χ3v) is 5.28. The van der Waals surface area contributed by atoms with Gasteiger partial charge in [0.2, 0.25) is 0 Å².